The van der Waals surface area contributed by atoms with E-state index in [1.165, 1.54) is 19.3 Å². The summed E-state index contributed by atoms with van der Waals surface area (Å²) in [5, 5.41) is 15.3. The average Bonchev–Trinajstić information content (AvgIpc) is 2.81. The fraction of sp³-hybridized carbons (Fsp3) is 0.462. The van der Waals surface area contributed by atoms with E-state index in [1.54, 1.807) is 11.9 Å². The number of carboxylic acids is 1. The maximum absolute atomic E-state index is 12.5. The molecule has 2 aromatic carbocycles. The van der Waals surface area contributed by atoms with E-state index in [1.807, 2.05) is 55.5 Å². The van der Waals surface area contributed by atoms with Gasteiger partial charge < -0.3 is 15.7 Å². The first kappa shape index (κ1) is 25.4. The topological polar surface area (TPSA) is 81.7 Å². The van der Waals surface area contributed by atoms with Crippen molar-refractivity contribution in [2.75, 3.05) is 25.0 Å². The molecule has 0 aliphatic carbocycles. The molecule has 1 atom stereocenters. The van der Waals surface area contributed by atoms with E-state index >= 15 is 0 Å². The Kier molecular flexibility index (Phi) is 10.7. The third-order valence-electron chi connectivity index (χ3n) is 5.57. The molecule has 3 N–H and O–H groups in total. The second kappa shape index (κ2) is 13.5. The number of unbranched alkanes of at least 4 members (excludes halogenated alkanes) is 4. The molecule has 2 aromatic rings. The van der Waals surface area contributed by atoms with Crippen LogP contribution in [0.2, 0.25) is 0 Å². The smallest absolute Gasteiger partial charge is 0.321 e. The Balaban J connectivity index is 1.98. The van der Waals surface area contributed by atoms with Gasteiger partial charge in [-0.3, -0.25) is 9.69 Å². The Hall–Kier alpha value is -2.86. The van der Waals surface area contributed by atoms with Crippen molar-refractivity contribution in [1.29, 1.82) is 0 Å². The fourth-order valence-corrected chi connectivity index (χ4v) is 3.62. The molecule has 0 aliphatic rings. The molecule has 0 bridgehead atoms. The summed E-state index contributed by atoms with van der Waals surface area (Å²) < 4.78 is 0. The molecule has 174 valence electrons. The number of aliphatic carboxylic acids is 1. The number of carboxylic acid groups (broad SMARTS) is 1. The standard InChI is InChI=1S/C26H37N3O3/c1-4-6-7-8-9-17-28-26(32)29(3)23-12-10-11-22(19-23)21-15-13-20(14-16-21)18-24(25(30)31)27-5-2/h10-16,19,24,27H,4-9,17-18H2,1-3H3,(H,28,32)(H,30,31)/t24-/m0/s1. The summed E-state index contributed by atoms with van der Waals surface area (Å²) in [6.07, 6.45) is 6.26. The first-order chi connectivity index (χ1) is 15.5. The molecule has 2 amide bonds. The number of anilines is 1. The van der Waals surface area contributed by atoms with Crippen molar-refractivity contribution in [1.82, 2.24) is 10.6 Å². The lowest BCUT2D eigenvalue weighted by molar-refractivity contribution is -0.139. The van der Waals surface area contributed by atoms with Crippen LogP contribution in [0.4, 0.5) is 10.5 Å². The van der Waals surface area contributed by atoms with Gasteiger partial charge in [0.1, 0.15) is 6.04 Å². The predicted octanol–water partition coefficient (Wildman–Crippen LogP) is 5.08. The molecule has 0 fully saturated rings. The second-order valence-corrected chi connectivity index (χ2v) is 8.11. The first-order valence-electron chi connectivity index (χ1n) is 11.6. The maximum atomic E-state index is 12.5. The molecule has 0 aliphatic heterocycles. The minimum absolute atomic E-state index is 0.101. The number of likely N-dealkylation sites (N-methyl/N-ethyl adjacent to an activating group) is 1. The van der Waals surface area contributed by atoms with Gasteiger partial charge in [0.05, 0.1) is 0 Å². The largest absolute Gasteiger partial charge is 0.480 e. The van der Waals surface area contributed by atoms with E-state index in [9.17, 15) is 14.7 Å². The van der Waals surface area contributed by atoms with E-state index in [2.05, 4.69) is 17.6 Å². The van der Waals surface area contributed by atoms with Gasteiger partial charge in [-0.05, 0) is 48.2 Å². The lowest BCUT2D eigenvalue weighted by Crippen LogP contribution is -2.38. The third-order valence-corrected chi connectivity index (χ3v) is 5.57. The van der Waals surface area contributed by atoms with Crippen LogP contribution in [0.15, 0.2) is 48.5 Å². The summed E-state index contributed by atoms with van der Waals surface area (Å²) >= 11 is 0. The number of carbonyl (C=O) groups is 2. The van der Waals surface area contributed by atoms with Crippen molar-refractivity contribution in [3.8, 4) is 11.1 Å². The van der Waals surface area contributed by atoms with Crippen LogP contribution in [0.5, 0.6) is 0 Å². The Morgan fingerprint density at radius 2 is 1.69 bits per heavy atom. The normalized spacial score (nSPS) is 11.7. The van der Waals surface area contributed by atoms with Crippen LogP contribution in [0.25, 0.3) is 11.1 Å². The lowest BCUT2D eigenvalue weighted by Gasteiger charge is -2.19. The first-order valence-corrected chi connectivity index (χ1v) is 11.6. The minimum atomic E-state index is -0.842. The van der Waals surface area contributed by atoms with E-state index in [0.717, 1.165) is 35.2 Å². The minimum Gasteiger partial charge on any atom is -0.480 e. The molecule has 0 heterocycles. The monoisotopic (exact) mass is 439 g/mol. The van der Waals surface area contributed by atoms with Crippen LogP contribution in [0.3, 0.4) is 0 Å². The summed E-state index contributed by atoms with van der Waals surface area (Å²) in [5.41, 5.74) is 3.83. The number of rotatable bonds is 13. The van der Waals surface area contributed by atoms with Crippen LogP contribution in [-0.4, -0.2) is 43.3 Å². The number of hydrogen-bond donors (Lipinski definition) is 3. The van der Waals surface area contributed by atoms with Gasteiger partial charge in [-0.1, -0.05) is 75.9 Å². The third kappa shape index (κ3) is 8.00. The highest BCUT2D eigenvalue weighted by Gasteiger charge is 2.16. The van der Waals surface area contributed by atoms with Gasteiger partial charge >= 0.3 is 12.0 Å². The zero-order chi connectivity index (χ0) is 23.3. The number of amides is 2. The van der Waals surface area contributed by atoms with E-state index in [4.69, 9.17) is 0 Å². The lowest BCUT2D eigenvalue weighted by atomic mass is 10.00. The summed E-state index contributed by atoms with van der Waals surface area (Å²) in [5.74, 6) is -0.842. The van der Waals surface area contributed by atoms with Gasteiger partial charge in [0.2, 0.25) is 0 Å². The quantitative estimate of drug-likeness (QED) is 0.380. The second-order valence-electron chi connectivity index (χ2n) is 8.11. The average molecular weight is 440 g/mol. The molecule has 6 heteroatoms. The van der Waals surface area contributed by atoms with Crippen molar-refractivity contribution in [2.24, 2.45) is 0 Å². The predicted molar refractivity (Wildman–Crippen MR) is 131 cm³/mol. The molecule has 0 spiro atoms. The molecule has 0 saturated heterocycles. The molecule has 0 radical (unpaired) electrons. The Morgan fingerprint density at radius 3 is 2.34 bits per heavy atom. The number of nitrogens with zero attached hydrogens (tertiary/aromatic N) is 1. The molecule has 0 unspecified atom stereocenters. The molecule has 32 heavy (non-hydrogen) atoms. The van der Waals surface area contributed by atoms with Crippen molar-refractivity contribution < 1.29 is 14.7 Å². The maximum Gasteiger partial charge on any atom is 0.321 e. The van der Waals surface area contributed by atoms with Crippen molar-refractivity contribution in [3.63, 3.8) is 0 Å². The molecule has 6 nitrogen and oxygen atoms in total. The highest BCUT2D eigenvalue weighted by Crippen LogP contribution is 2.25. The van der Waals surface area contributed by atoms with E-state index < -0.39 is 12.0 Å². The number of carbonyl (C=O) groups excluding carboxylic acids is 1. The Morgan fingerprint density at radius 1 is 0.969 bits per heavy atom. The molecular weight excluding hydrogens is 402 g/mol. The van der Waals surface area contributed by atoms with E-state index in [-0.39, 0.29) is 6.03 Å². The molecule has 2 rings (SSSR count). The van der Waals surface area contributed by atoms with Crippen LogP contribution >= 0.6 is 0 Å². The zero-order valence-electron chi connectivity index (χ0n) is 19.6. The van der Waals surface area contributed by atoms with Gasteiger partial charge in [0.15, 0.2) is 0 Å². The van der Waals surface area contributed by atoms with Gasteiger partial charge in [0.25, 0.3) is 0 Å². The van der Waals surface area contributed by atoms with Gasteiger partial charge in [-0.2, -0.15) is 0 Å². The Bertz CT molecular complexity index is 852. The zero-order valence-corrected chi connectivity index (χ0v) is 19.6. The van der Waals surface area contributed by atoms with Crippen molar-refractivity contribution in [2.45, 2.75) is 58.4 Å². The summed E-state index contributed by atoms with van der Waals surface area (Å²) in [6.45, 7) is 5.40. The summed E-state index contributed by atoms with van der Waals surface area (Å²) in [7, 11) is 1.78. The molecular formula is C26H37N3O3. The summed E-state index contributed by atoms with van der Waals surface area (Å²) in [4.78, 5) is 25.5. The highest BCUT2D eigenvalue weighted by atomic mass is 16.4. The van der Waals surface area contributed by atoms with Crippen LogP contribution in [-0.2, 0) is 11.2 Å². The number of benzene rings is 2. The number of urea groups is 1. The molecule has 0 saturated carbocycles. The molecule has 0 aromatic heterocycles. The number of hydrogen-bond acceptors (Lipinski definition) is 3. The number of nitrogens with one attached hydrogen (secondary N) is 2. The van der Waals surface area contributed by atoms with Crippen molar-refractivity contribution >= 4 is 17.7 Å². The van der Waals surface area contributed by atoms with Crippen LogP contribution in [0, 0.1) is 0 Å². The van der Waals surface area contributed by atoms with Gasteiger partial charge in [0, 0.05) is 19.3 Å². The fourth-order valence-electron chi connectivity index (χ4n) is 3.62. The van der Waals surface area contributed by atoms with Gasteiger partial charge in [-0.25, -0.2) is 4.79 Å². The summed E-state index contributed by atoms with van der Waals surface area (Å²) in [6, 6.07) is 15.1. The van der Waals surface area contributed by atoms with Crippen molar-refractivity contribution in [3.05, 3.63) is 54.1 Å². The van der Waals surface area contributed by atoms with Gasteiger partial charge in [-0.15, -0.1) is 0 Å². The SMILES string of the molecule is CCCCCCCNC(=O)N(C)c1cccc(-c2ccc(C[C@H](NCC)C(=O)O)cc2)c1. The Labute approximate surface area is 192 Å². The van der Waals surface area contributed by atoms with Crippen LogP contribution < -0.4 is 15.5 Å². The van der Waals surface area contributed by atoms with E-state index in [0.29, 0.717) is 19.5 Å². The highest BCUT2D eigenvalue weighted by molar-refractivity contribution is 5.92. The van der Waals surface area contributed by atoms with Crippen LogP contribution in [0.1, 0.15) is 51.5 Å².